The monoisotopic (exact) mass is 270 g/mol. The molecule has 3 N–H and O–H groups in total. The number of carbonyl (C=O) groups is 1. The van der Waals surface area contributed by atoms with E-state index in [9.17, 15) is 15.2 Å². The molecular formula is C15H16N3O2+. The van der Waals surface area contributed by atoms with Crippen LogP contribution in [0.1, 0.15) is 12.0 Å². The van der Waals surface area contributed by atoms with Gasteiger partial charge in [0.2, 0.25) is 0 Å². The number of phenols is 1. The topological polar surface area (TPSA) is 87.1 Å². The molecule has 3 saturated heterocycles. The fourth-order valence-corrected chi connectivity index (χ4v) is 4.26. The first-order valence-corrected chi connectivity index (χ1v) is 6.96. The summed E-state index contributed by atoms with van der Waals surface area (Å²) in [7, 11) is 0. The van der Waals surface area contributed by atoms with Gasteiger partial charge in [0.1, 0.15) is 17.9 Å². The number of aromatic hydroxyl groups is 1. The third kappa shape index (κ3) is 1.25. The molecule has 0 aromatic heterocycles. The van der Waals surface area contributed by atoms with Crippen molar-refractivity contribution in [3.05, 3.63) is 29.8 Å². The number of nitrogens with two attached hydrogens (primary N) is 1. The molecule has 4 fully saturated rings. The van der Waals surface area contributed by atoms with E-state index in [0.29, 0.717) is 28.9 Å². The first kappa shape index (κ1) is 11.9. The predicted molar refractivity (Wildman–Crippen MR) is 70.1 cm³/mol. The van der Waals surface area contributed by atoms with Gasteiger partial charge in [0, 0.05) is 12.8 Å². The number of amides is 1. The van der Waals surface area contributed by atoms with E-state index in [1.807, 2.05) is 0 Å². The summed E-state index contributed by atoms with van der Waals surface area (Å²) in [6, 6.07) is 9.09. The number of nitriles is 1. The van der Waals surface area contributed by atoms with Gasteiger partial charge in [-0.3, -0.25) is 0 Å². The Hall–Kier alpha value is -1.90. The minimum absolute atomic E-state index is 0.0216. The number of phenolic OH excluding ortho intramolecular Hbond substituents is 1. The maximum Gasteiger partial charge on any atom is 0.332 e. The lowest BCUT2D eigenvalue weighted by Gasteiger charge is -2.23. The van der Waals surface area contributed by atoms with Crippen LogP contribution in [0.3, 0.4) is 0 Å². The molecule has 5 heteroatoms. The molecule has 2 bridgehead atoms. The Bertz CT molecular complexity index is 624. The van der Waals surface area contributed by atoms with E-state index in [-0.39, 0.29) is 17.7 Å². The third-order valence-electron chi connectivity index (χ3n) is 5.23. The van der Waals surface area contributed by atoms with Gasteiger partial charge in [-0.25, -0.2) is 9.28 Å². The summed E-state index contributed by atoms with van der Waals surface area (Å²) in [5.74, 6) is 0.826. The van der Waals surface area contributed by atoms with Crippen LogP contribution < -0.4 is 5.73 Å². The molecule has 5 nitrogen and oxygen atoms in total. The molecule has 4 unspecified atom stereocenters. The molecule has 1 aromatic carbocycles. The Balaban J connectivity index is 1.50. The van der Waals surface area contributed by atoms with Crippen molar-refractivity contribution in [1.29, 1.82) is 5.26 Å². The summed E-state index contributed by atoms with van der Waals surface area (Å²) in [5, 5.41) is 18.5. The summed E-state index contributed by atoms with van der Waals surface area (Å²) < 4.78 is 0.348. The van der Waals surface area contributed by atoms with Crippen LogP contribution in [0.25, 0.3) is 0 Å². The molecule has 102 valence electrons. The van der Waals surface area contributed by atoms with Gasteiger partial charge in [0.05, 0.1) is 5.92 Å². The number of nitrogens with zero attached hydrogens (tertiary/aromatic N) is 2. The van der Waals surface area contributed by atoms with Gasteiger partial charge < -0.3 is 10.8 Å². The van der Waals surface area contributed by atoms with Gasteiger partial charge in [-0.15, -0.1) is 0 Å². The maximum atomic E-state index is 12.6. The second-order valence-electron chi connectivity index (χ2n) is 6.18. The van der Waals surface area contributed by atoms with Crippen LogP contribution in [0.15, 0.2) is 24.3 Å². The SMILES string of the molecule is N#CC1CC2C3C2[N+]13C(=O)C(N)Cc1ccc(O)cc1. The van der Waals surface area contributed by atoms with Gasteiger partial charge in [0.25, 0.3) is 0 Å². The van der Waals surface area contributed by atoms with Gasteiger partial charge in [-0.1, -0.05) is 12.1 Å². The lowest BCUT2D eigenvalue weighted by Crippen LogP contribution is -2.53. The summed E-state index contributed by atoms with van der Waals surface area (Å²) in [6.07, 6.45) is 1.32. The molecule has 0 radical (unpaired) electrons. The van der Waals surface area contributed by atoms with Gasteiger partial charge in [-0.2, -0.15) is 5.26 Å². The van der Waals surface area contributed by atoms with E-state index in [2.05, 4.69) is 6.07 Å². The van der Waals surface area contributed by atoms with Crippen LogP contribution in [-0.4, -0.2) is 39.7 Å². The second-order valence-corrected chi connectivity index (χ2v) is 6.18. The molecule has 1 amide bonds. The van der Waals surface area contributed by atoms with Crippen LogP contribution in [0, 0.1) is 17.2 Å². The zero-order valence-corrected chi connectivity index (χ0v) is 10.9. The zero-order valence-electron chi connectivity index (χ0n) is 10.9. The van der Waals surface area contributed by atoms with E-state index in [4.69, 9.17) is 5.73 Å². The molecule has 1 saturated carbocycles. The molecule has 3 aliphatic heterocycles. The molecule has 1 aliphatic carbocycles. The highest BCUT2D eigenvalue weighted by molar-refractivity contribution is 5.80. The van der Waals surface area contributed by atoms with Crippen LogP contribution in [-0.2, 0) is 11.2 Å². The molecule has 20 heavy (non-hydrogen) atoms. The predicted octanol–water partition coefficient (Wildman–Crippen LogP) is 0.282. The van der Waals surface area contributed by atoms with E-state index < -0.39 is 6.04 Å². The number of rotatable bonds is 3. The summed E-state index contributed by atoms with van der Waals surface area (Å²) in [4.78, 5) is 12.6. The Labute approximate surface area is 116 Å². The first-order chi connectivity index (χ1) is 9.60. The number of hydrogen-bond acceptors (Lipinski definition) is 4. The van der Waals surface area contributed by atoms with Crippen molar-refractivity contribution in [2.24, 2.45) is 11.7 Å². The van der Waals surface area contributed by atoms with Crippen LogP contribution in [0.4, 0.5) is 0 Å². The number of carbonyl (C=O) groups excluding carboxylic acids is 1. The number of fused-ring (bicyclic) bond motifs is 1. The second kappa shape index (κ2) is 3.60. The van der Waals surface area contributed by atoms with Crippen molar-refractivity contribution in [3.8, 4) is 11.8 Å². The zero-order chi connectivity index (χ0) is 14.1. The number of quaternary nitrogens is 1. The Morgan fingerprint density at radius 1 is 1.45 bits per heavy atom. The van der Waals surface area contributed by atoms with E-state index >= 15 is 0 Å². The van der Waals surface area contributed by atoms with E-state index in [0.717, 1.165) is 12.0 Å². The van der Waals surface area contributed by atoms with Crippen molar-refractivity contribution in [2.45, 2.75) is 37.0 Å². The molecule has 5 rings (SSSR count). The number of piperidine rings is 1. The lowest BCUT2D eigenvalue weighted by atomic mass is 10.0. The van der Waals surface area contributed by atoms with Crippen LogP contribution in [0.5, 0.6) is 5.75 Å². The van der Waals surface area contributed by atoms with E-state index in [1.54, 1.807) is 24.3 Å². The largest absolute Gasteiger partial charge is 0.508 e. The van der Waals surface area contributed by atoms with Crippen molar-refractivity contribution in [3.63, 3.8) is 0 Å². The minimum Gasteiger partial charge on any atom is -0.508 e. The third-order valence-corrected chi connectivity index (χ3v) is 5.23. The number of benzene rings is 1. The Morgan fingerprint density at radius 3 is 2.70 bits per heavy atom. The van der Waals surface area contributed by atoms with Gasteiger partial charge in [-0.05, 0) is 17.7 Å². The molecular weight excluding hydrogens is 254 g/mol. The number of hydrogen-bond donors (Lipinski definition) is 2. The summed E-state index contributed by atoms with van der Waals surface area (Å²) in [5.41, 5.74) is 7.00. The Morgan fingerprint density at radius 2 is 2.10 bits per heavy atom. The first-order valence-electron chi connectivity index (χ1n) is 6.96. The highest BCUT2D eigenvalue weighted by atomic mass is 16.3. The smallest absolute Gasteiger partial charge is 0.332 e. The minimum atomic E-state index is -0.568. The van der Waals surface area contributed by atoms with Crippen molar-refractivity contribution < 1.29 is 14.4 Å². The standard InChI is InChI=1S/C15H15N3O2/c16-7-9-6-11-13-14(11)18(9,13)15(20)12(17)5-8-1-3-10(19)4-2-8/h1-4,9,11-14H,5-6,17H2/p+1. The lowest BCUT2D eigenvalue weighted by molar-refractivity contribution is -0.775. The average Bonchev–Trinajstić information content (AvgIpc) is 3.27. The van der Waals surface area contributed by atoms with Gasteiger partial charge >= 0.3 is 5.91 Å². The normalized spacial score (nSPS) is 40.6. The summed E-state index contributed by atoms with van der Waals surface area (Å²) >= 11 is 0. The highest BCUT2D eigenvalue weighted by Crippen LogP contribution is 2.74. The fourth-order valence-electron chi connectivity index (χ4n) is 4.26. The van der Waals surface area contributed by atoms with Crippen LogP contribution in [0.2, 0.25) is 0 Å². The van der Waals surface area contributed by atoms with Crippen LogP contribution >= 0.6 is 0 Å². The quantitative estimate of drug-likeness (QED) is 0.610. The molecule has 0 spiro atoms. The summed E-state index contributed by atoms with van der Waals surface area (Å²) in [6.45, 7) is 0. The van der Waals surface area contributed by atoms with Crippen molar-refractivity contribution >= 4 is 5.91 Å². The van der Waals surface area contributed by atoms with Crippen molar-refractivity contribution in [1.82, 2.24) is 0 Å². The molecule has 4 aliphatic rings. The van der Waals surface area contributed by atoms with Crippen molar-refractivity contribution in [2.75, 3.05) is 0 Å². The molecule has 4 atom stereocenters. The highest BCUT2D eigenvalue weighted by Gasteiger charge is 2.98. The maximum absolute atomic E-state index is 12.6. The average molecular weight is 270 g/mol. The molecule has 3 heterocycles. The molecule has 1 aromatic rings. The Kier molecular flexibility index (Phi) is 2.14. The fraction of sp³-hybridized carbons (Fsp3) is 0.467. The van der Waals surface area contributed by atoms with Gasteiger partial charge in [0.15, 0.2) is 18.1 Å². The van der Waals surface area contributed by atoms with E-state index in [1.165, 1.54) is 0 Å².